The van der Waals surface area contributed by atoms with E-state index in [0.29, 0.717) is 11.3 Å². The summed E-state index contributed by atoms with van der Waals surface area (Å²) in [6.45, 7) is 0. The summed E-state index contributed by atoms with van der Waals surface area (Å²) in [6.07, 6.45) is 1.03. The molecule has 0 aliphatic heterocycles. The molecule has 0 aliphatic rings. The van der Waals surface area contributed by atoms with Crippen molar-refractivity contribution in [1.82, 2.24) is 0 Å². The molecule has 0 spiro atoms. The molecule has 0 aliphatic carbocycles. The van der Waals surface area contributed by atoms with Gasteiger partial charge in [0.25, 0.3) is 0 Å². The van der Waals surface area contributed by atoms with Crippen LogP contribution in [0.5, 0.6) is 5.75 Å². The second-order valence-electron chi connectivity index (χ2n) is 4.75. The van der Waals surface area contributed by atoms with Crippen molar-refractivity contribution in [3.05, 3.63) is 70.4 Å². The maximum Gasteiger partial charge on any atom is 0.192 e. The number of hydrogen-bond acceptors (Lipinski definition) is 4. The summed E-state index contributed by atoms with van der Waals surface area (Å²) < 4.78 is 43.5. The topological polar surface area (TPSA) is 67.2 Å². The minimum Gasteiger partial charge on any atom is -0.497 e. The Morgan fingerprint density at radius 3 is 2.52 bits per heavy atom. The lowest BCUT2D eigenvalue weighted by Gasteiger charge is -2.05. The Bertz CT molecular complexity index is 868. The van der Waals surface area contributed by atoms with E-state index in [1.54, 1.807) is 36.4 Å². The predicted molar refractivity (Wildman–Crippen MR) is 85.6 cm³/mol. The molecule has 0 unspecified atom stereocenters. The second-order valence-corrected chi connectivity index (χ2v) is 6.71. The highest BCUT2D eigenvalue weighted by atomic mass is 32.2. The quantitative estimate of drug-likeness (QED) is 0.788. The first-order valence-electron chi connectivity index (χ1n) is 6.68. The largest absolute Gasteiger partial charge is 0.497 e. The van der Waals surface area contributed by atoms with Crippen LogP contribution in [0.2, 0.25) is 0 Å². The van der Waals surface area contributed by atoms with Gasteiger partial charge in [-0.1, -0.05) is 30.3 Å². The number of benzene rings is 2. The molecule has 0 saturated heterocycles. The van der Waals surface area contributed by atoms with E-state index >= 15 is 0 Å². The van der Waals surface area contributed by atoms with Crippen LogP contribution in [0.1, 0.15) is 11.1 Å². The molecule has 2 aromatic carbocycles. The van der Waals surface area contributed by atoms with Crippen LogP contribution in [-0.2, 0) is 15.6 Å². The van der Waals surface area contributed by atoms with Gasteiger partial charge in [0.2, 0.25) is 0 Å². The van der Waals surface area contributed by atoms with E-state index in [2.05, 4.69) is 0 Å². The molecule has 4 nitrogen and oxygen atoms in total. The molecule has 23 heavy (non-hydrogen) atoms. The van der Waals surface area contributed by atoms with Gasteiger partial charge in [-0.2, -0.15) is 5.26 Å². The van der Waals surface area contributed by atoms with Gasteiger partial charge in [0.1, 0.15) is 22.5 Å². The second kappa shape index (κ2) is 7.07. The molecule has 118 valence electrons. The molecule has 6 heteroatoms. The van der Waals surface area contributed by atoms with Crippen molar-refractivity contribution in [3.8, 4) is 11.8 Å². The zero-order valence-electron chi connectivity index (χ0n) is 12.4. The molecule has 0 saturated carbocycles. The standard InChI is InChI=1S/C17H14FNO3S/c1-22-15-8-7-14(17(18)10-15)9-16(11-19)23(20,21)12-13-5-3-2-4-6-13/h2-10H,12H2,1H3/b16-9+. The number of allylic oxidation sites excluding steroid dienone is 1. The van der Waals surface area contributed by atoms with E-state index in [-0.39, 0.29) is 11.3 Å². The maximum atomic E-state index is 13.9. The Balaban J connectivity index is 2.37. The third-order valence-electron chi connectivity index (χ3n) is 3.14. The Morgan fingerprint density at radius 2 is 1.96 bits per heavy atom. The molecular weight excluding hydrogens is 317 g/mol. The fourth-order valence-corrected chi connectivity index (χ4v) is 3.19. The van der Waals surface area contributed by atoms with Crippen LogP contribution < -0.4 is 4.74 Å². The molecule has 0 heterocycles. The maximum absolute atomic E-state index is 13.9. The highest BCUT2D eigenvalue weighted by molar-refractivity contribution is 7.95. The summed E-state index contributed by atoms with van der Waals surface area (Å²) in [5, 5.41) is 9.15. The fourth-order valence-electron chi connectivity index (χ4n) is 1.96. The molecule has 0 radical (unpaired) electrons. The Hall–Kier alpha value is -2.65. The van der Waals surface area contributed by atoms with Gasteiger partial charge in [-0.25, -0.2) is 12.8 Å². The lowest BCUT2D eigenvalue weighted by atomic mass is 10.2. The van der Waals surface area contributed by atoms with Gasteiger partial charge >= 0.3 is 0 Å². The van der Waals surface area contributed by atoms with Gasteiger partial charge in [-0.05, 0) is 23.8 Å². The zero-order chi connectivity index (χ0) is 16.9. The molecular formula is C17H14FNO3S. The van der Waals surface area contributed by atoms with Crippen molar-refractivity contribution in [2.75, 3.05) is 7.11 Å². The highest BCUT2D eigenvalue weighted by Gasteiger charge is 2.19. The Morgan fingerprint density at radius 1 is 1.26 bits per heavy atom. The number of ether oxygens (including phenoxy) is 1. The molecule has 0 bridgehead atoms. The third-order valence-corrected chi connectivity index (χ3v) is 4.73. The summed E-state index contributed by atoms with van der Waals surface area (Å²) >= 11 is 0. The molecule has 2 aromatic rings. The van der Waals surface area contributed by atoms with Crippen LogP contribution in [0.4, 0.5) is 4.39 Å². The van der Waals surface area contributed by atoms with E-state index in [1.807, 2.05) is 0 Å². The van der Waals surface area contributed by atoms with Crippen LogP contribution in [0.15, 0.2) is 53.4 Å². The van der Waals surface area contributed by atoms with Gasteiger partial charge in [0.05, 0.1) is 12.9 Å². The summed E-state index contributed by atoms with van der Waals surface area (Å²) in [4.78, 5) is -0.481. The summed E-state index contributed by atoms with van der Waals surface area (Å²) in [6, 6.07) is 14.1. The normalized spacial score (nSPS) is 11.8. The smallest absolute Gasteiger partial charge is 0.192 e. The number of rotatable bonds is 5. The number of nitrogens with zero attached hydrogens (tertiary/aromatic N) is 1. The minimum atomic E-state index is -3.85. The van der Waals surface area contributed by atoms with E-state index in [4.69, 9.17) is 10.00 Å². The molecule has 2 rings (SSSR count). The zero-order valence-corrected chi connectivity index (χ0v) is 13.2. The number of hydrogen-bond donors (Lipinski definition) is 0. The molecule has 0 aromatic heterocycles. The SMILES string of the molecule is COc1ccc(/C=C(\C#N)S(=O)(=O)Cc2ccccc2)c(F)c1. The Labute approximate surface area is 134 Å². The minimum absolute atomic E-state index is 0.0130. The number of nitriles is 1. The average molecular weight is 331 g/mol. The summed E-state index contributed by atoms with van der Waals surface area (Å²) in [5.74, 6) is -0.664. The van der Waals surface area contributed by atoms with E-state index in [1.165, 1.54) is 19.2 Å². The monoisotopic (exact) mass is 331 g/mol. The van der Waals surface area contributed by atoms with Crippen molar-refractivity contribution in [3.63, 3.8) is 0 Å². The van der Waals surface area contributed by atoms with Gasteiger partial charge < -0.3 is 4.74 Å². The van der Waals surface area contributed by atoms with Gasteiger partial charge in [0.15, 0.2) is 9.84 Å². The lowest BCUT2D eigenvalue weighted by Crippen LogP contribution is -2.06. The van der Waals surface area contributed by atoms with Crippen LogP contribution >= 0.6 is 0 Å². The van der Waals surface area contributed by atoms with Crippen LogP contribution in [-0.4, -0.2) is 15.5 Å². The number of methoxy groups -OCH3 is 1. The first-order valence-corrected chi connectivity index (χ1v) is 8.33. The predicted octanol–water partition coefficient (Wildman–Crippen LogP) is 3.31. The average Bonchev–Trinajstić information content (AvgIpc) is 2.53. The molecule has 0 fully saturated rings. The number of halogens is 1. The van der Waals surface area contributed by atoms with E-state index < -0.39 is 20.6 Å². The van der Waals surface area contributed by atoms with Crippen LogP contribution in [0, 0.1) is 17.1 Å². The van der Waals surface area contributed by atoms with Gasteiger partial charge in [-0.3, -0.25) is 0 Å². The van der Waals surface area contributed by atoms with Crippen molar-refractivity contribution in [2.45, 2.75) is 5.75 Å². The highest BCUT2D eigenvalue weighted by Crippen LogP contribution is 2.21. The van der Waals surface area contributed by atoms with Crippen molar-refractivity contribution >= 4 is 15.9 Å². The van der Waals surface area contributed by atoms with E-state index in [9.17, 15) is 12.8 Å². The summed E-state index contributed by atoms with van der Waals surface area (Å²) in [7, 11) is -2.46. The van der Waals surface area contributed by atoms with Gasteiger partial charge in [0, 0.05) is 11.6 Å². The molecule has 0 amide bonds. The van der Waals surface area contributed by atoms with E-state index in [0.717, 1.165) is 12.1 Å². The lowest BCUT2D eigenvalue weighted by molar-refractivity contribution is 0.411. The van der Waals surface area contributed by atoms with Crippen molar-refractivity contribution in [2.24, 2.45) is 0 Å². The number of sulfone groups is 1. The van der Waals surface area contributed by atoms with Crippen LogP contribution in [0.25, 0.3) is 6.08 Å². The first kappa shape index (κ1) is 16.7. The van der Waals surface area contributed by atoms with Crippen LogP contribution in [0.3, 0.4) is 0 Å². The van der Waals surface area contributed by atoms with Crippen molar-refractivity contribution in [1.29, 1.82) is 5.26 Å². The summed E-state index contributed by atoms with van der Waals surface area (Å²) in [5.41, 5.74) is 0.572. The Kier molecular flexibility index (Phi) is 5.14. The van der Waals surface area contributed by atoms with Gasteiger partial charge in [-0.15, -0.1) is 0 Å². The first-order chi connectivity index (χ1) is 11.0. The molecule has 0 atom stereocenters. The van der Waals surface area contributed by atoms with Crippen molar-refractivity contribution < 1.29 is 17.5 Å². The fraction of sp³-hybridized carbons (Fsp3) is 0.118. The third kappa shape index (κ3) is 4.18. The molecule has 0 N–H and O–H groups in total.